The predicted octanol–water partition coefficient (Wildman–Crippen LogP) is 0.700. The zero-order chi connectivity index (χ0) is 21.2. The molecule has 1 aromatic carbocycles. The summed E-state index contributed by atoms with van der Waals surface area (Å²) in [5, 5.41) is 2.72. The molecule has 0 bridgehead atoms. The normalized spacial score (nSPS) is 10.1. The van der Waals surface area contributed by atoms with Crippen molar-refractivity contribution in [1.29, 1.82) is 0 Å². The maximum atomic E-state index is 12.8. The number of imidazole rings is 1. The fraction of sp³-hybridized carbons (Fsp3) is 0.316. The quantitative estimate of drug-likeness (QED) is 0.613. The molecule has 0 aliphatic heterocycles. The van der Waals surface area contributed by atoms with Crippen LogP contribution in [0.25, 0.3) is 0 Å². The average Bonchev–Trinajstić information content (AvgIpc) is 3.24. The van der Waals surface area contributed by atoms with Gasteiger partial charge in [0.05, 0.1) is 20.5 Å². The number of aromatic nitrogens is 2. The number of ether oxygens (including phenoxy) is 2. The molecule has 0 radical (unpaired) electrons. The van der Waals surface area contributed by atoms with E-state index in [9.17, 15) is 19.2 Å². The SMILES string of the molecule is COC(=O)CN(CC(=O)OC)C(=O)c1cccc(NC(=O)CCn2ccnc2)c1. The smallest absolute Gasteiger partial charge is 0.325 e. The second-order valence-corrected chi connectivity index (χ2v) is 5.99. The van der Waals surface area contributed by atoms with Crippen LogP contribution < -0.4 is 5.32 Å². The van der Waals surface area contributed by atoms with Crippen LogP contribution >= 0.6 is 0 Å². The Hall–Kier alpha value is -3.69. The van der Waals surface area contributed by atoms with Gasteiger partial charge in [-0.2, -0.15) is 0 Å². The lowest BCUT2D eigenvalue weighted by Gasteiger charge is -2.20. The first-order valence-electron chi connectivity index (χ1n) is 8.71. The molecule has 1 N–H and O–H groups in total. The molecule has 2 amide bonds. The van der Waals surface area contributed by atoms with Crippen LogP contribution in [0.3, 0.4) is 0 Å². The first-order chi connectivity index (χ1) is 13.9. The lowest BCUT2D eigenvalue weighted by molar-refractivity contribution is -0.144. The number of aryl methyl sites for hydroxylation is 1. The molecule has 2 rings (SSSR count). The Morgan fingerprint density at radius 3 is 2.38 bits per heavy atom. The molecule has 1 heterocycles. The minimum absolute atomic E-state index is 0.199. The van der Waals surface area contributed by atoms with E-state index in [1.807, 2.05) is 0 Å². The molecule has 0 spiro atoms. The van der Waals surface area contributed by atoms with Crippen molar-refractivity contribution in [3.05, 3.63) is 48.5 Å². The van der Waals surface area contributed by atoms with Crippen molar-refractivity contribution >= 4 is 29.4 Å². The van der Waals surface area contributed by atoms with Gasteiger partial charge in [0.25, 0.3) is 5.91 Å². The lowest BCUT2D eigenvalue weighted by atomic mass is 10.1. The van der Waals surface area contributed by atoms with Crippen molar-refractivity contribution in [2.24, 2.45) is 0 Å². The molecule has 10 heteroatoms. The minimum atomic E-state index is -0.675. The lowest BCUT2D eigenvalue weighted by Crippen LogP contribution is -2.40. The van der Waals surface area contributed by atoms with Crippen LogP contribution in [0.1, 0.15) is 16.8 Å². The van der Waals surface area contributed by atoms with Gasteiger partial charge in [-0.3, -0.25) is 19.2 Å². The van der Waals surface area contributed by atoms with E-state index in [1.54, 1.807) is 35.4 Å². The number of carbonyl (C=O) groups excluding carboxylic acids is 4. The zero-order valence-electron chi connectivity index (χ0n) is 16.2. The summed E-state index contributed by atoms with van der Waals surface area (Å²) in [6.45, 7) is -0.353. The Balaban J connectivity index is 2.05. The first-order valence-corrected chi connectivity index (χ1v) is 8.71. The van der Waals surface area contributed by atoms with Crippen LogP contribution in [0.4, 0.5) is 5.69 Å². The van der Waals surface area contributed by atoms with Gasteiger partial charge < -0.3 is 24.3 Å². The van der Waals surface area contributed by atoms with E-state index < -0.39 is 30.9 Å². The van der Waals surface area contributed by atoms with Crippen LogP contribution in [-0.4, -0.2) is 65.5 Å². The van der Waals surface area contributed by atoms with Gasteiger partial charge in [0.1, 0.15) is 13.1 Å². The van der Waals surface area contributed by atoms with Crippen molar-refractivity contribution in [3.8, 4) is 0 Å². The molecule has 10 nitrogen and oxygen atoms in total. The van der Waals surface area contributed by atoms with Gasteiger partial charge in [0.15, 0.2) is 0 Å². The van der Waals surface area contributed by atoms with E-state index in [0.717, 1.165) is 4.90 Å². The van der Waals surface area contributed by atoms with E-state index in [2.05, 4.69) is 19.8 Å². The van der Waals surface area contributed by atoms with E-state index >= 15 is 0 Å². The average molecular weight is 402 g/mol. The summed E-state index contributed by atoms with van der Waals surface area (Å²) in [7, 11) is 2.37. The number of benzene rings is 1. The van der Waals surface area contributed by atoms with Crippen LogP contribution in [-0.2, 0) is 30.4 Å². The summed E-state index contributed by atoms with van der Waals surface area (Å²) in [4.78, 5) is 53.0. The fourth-order valence-corrected chi connectivity index (χ4v) is 2.43. The third-order valence-electron chi connectivity index (χ3n) is 3.93. The van der Waals surface area contributed by atoms with Crippen molar-refractivity contribution in [2.45, 2.75) is 13.0 Å². The van der Waals surface area contributed by atoms with Crippen LogP contribution in [0.5, 0.6) is 0 Å². The highest BCUT2D eigenvalue weighted by molar-refractivity contribution is 5.99. The summed E-state index contributed by atoms with van der Waals surface area (Å²) in [6.07, 6.45) is 5.22. The molecule has 0 saturated carbocycles. The van der Waals surface area contributed by atoms with Crippen molar-refractivity contribution in [3.63, 3.8) is 0 Å². The first kappa shape index (κ1) is 21.6. The van der Waals surface area contributed by atoms with Crippen LogP contribution in [0.2, 0.25) is 0 Å². The van der Waals surface area contributed by atoms with Gasteiger partial charge in [0, 0.05) is 36.6 Å². The molecule has 29 heavy (non-hydrogen) atoms. The Bertz CT molecular complexity index is 847. The van der Waals surface area contributed by atoms with E-state index in [-0.39, 0.29) is 17.9 Å². The second kappa shape index (κ2) is 10.6. The predicted molar refractivity (Wildman–Crippen MR) is 102 cm³/mol. The molecule has 0 aliphatic carbocycles. The third-order valence-corrected chi connectivity index (χ3v) is 3.93. The molecule has 154 valence electrons. The summed E-state index contributed by atoms with van der Waals surface area (Å²) in [5.41, 5.74) is 0.618. The highest BCUT2D eigenvalue weighted by Gasteiger charge is 2.22. The Morgan fingerprint density at radius 2 is 1.79 bits per heavy atom. The maximum absolute atomic E-state index is 12.8. The zero-order valence-corrected chi connectivity index (χ0v) is 16.2. The molecular weight excluding hydrogens is 380 g/mol. The number of nitrogens with one attached hydrogen (secondary N) is 1. The summed E-state index contributed by atoms with van der Waals surface area (Å²) in [5.74, 6) is -2.16. The number of carbonyl (C=O) groups is 4. The fourth-order valence-electron chi connectivity index (χ4n) is 2.43. The van der Waals surface area contributed by atoms with Gasteiger partial charge in [-0.05, 0) is 18.2 Å². The van der Waals surface area contributed by atoms with Gasteiger partial charge in [-0.1, -0.05) is 6.07 Å². The Morgan fingerprint density at radius 1 is 1.10 bits per heavy atom. The molecule has 0 atom stereocenters. The number of rotatable bonds is 9. The largest absolute Gasteiger partial charge is 0.468 e. The minimum Gasteiger partial charge on any atom is -0.468 e. The monoisotopic (exact) mass is 402 g/mol. The van der Waals surface area contributed by atoms with Gasteiger partial charge in [-0.15, -0.1) is 0 Å². The van der Waals surface area contributed by atoms with Crippen molar-refractivity contribution < 1.29 is 28.7 Å². The number of amides is 2. The topological polar surface area (TPSA) is 120 Å². The molecule has 0 unspecified atom stereocenters. The maximum Gasteiger partial charge on any atom is 0.325 e. The number of nitrogens with zero attached hydrogens (tertiary/aromatic N) is 3. The van der Waals surface area contributed by atoms with Crippen LogP contribution in [0.15, 0.2) is 43.0 Å². The van der Waals surface area contributed by atoms with E-state index in [4.69, 9.17) is 0 Å². The molecule has 0 aliphatic rings. The van der Waals surface area contributed by atoms with Gasteiger partial charge >= 0.3 is 11.9 Å². The highest BCUT2D eigenvalue weighted by Crippen LogP contribution is 2.14. The number of anilines is 1. The summed E-state index contributed by atoms with van der Waals surface area (Å²) < 4.78 is 10.9. The molecule has 0 saturated heterocycles. The van der Waals surface area contributed by atoms with E-state index in [0.29, 0.717) is 12.2 Å². The molecule has 1 aromatic heterocycles. The number of esters is 2. The molecule has 2 aromatic rings. The number of methoxy groups -OCH3 is 2. The Labute approximate surface area is 167 Å². The van der Waals surface area contributed by atoms with Crippen molar-refractivity contribution in [2.75, 3.05) is 32.6 Å². The highest BCUT2D eigenvalue weighted by atomic mass is 16.5. The van der Waals surface area contributed by atoms with Gasteiger partial charge in [-0.25, -0.2) is 4.98 Å². The molecular formula is C19H22N4O6. The number of hydrogen-bond donors (Lipinski definition) is 1. The Kier molecular flexibility index (Phi) is 7.89. The molecule has 0 fully saturated rings. The third kappa shape index (κ3) is 6.76. The summed E-state index contributed by atoms with van der Waals surface area (Å²) in [6, 6.07) is 6.22. The number of hydrogen-bond acceptors (Lipinski definition) is 7. The van der Waals surface area contributed by atoms with E-state index in [1.165, 1.54) is 26.4 Å². The van der Waals surface area contributed by atoms with Crippen molar-refractivity contribution in [1.82, 2.24) is 14.5 Å². The van der Waals surface area contributed by atoms with Gasteiger partial charge in [0.2, 0.25) is 5.91 Å². The van der Waals surface area contributed by atoms with Crippen LogP contribution in [0, 0.1) is 0 Å². The summed E-state index contributed by atoms with van der Waals surface area (Å²) >= 11 is 0. The second-order valence-electron chi connectivity index (χ2n) is 5.99. The standard InChI is InChI=1S/C19H22N4O6/c1-28-17(25)11-23(12-18(26)29-2)19(27)14-4-3-5-15(10-14)21-16(24)6-8-22-9-7-20-13-22/h3-5,7,9-10,13H,6,8,11-12H2,1-2H3,(H,21,24).